The van der Waals surface area contributed by atoms with Crippen LogP contribution >= 0.6 is 0 Å². The monoisotopic (exact) mass is 402 g/mol. The quantitative estimate of drug-likeness (QED) is 0.499. The smallest absolute Gasteiger partial charge is 0.339 e. The third-order valence-electron chi connectivity index (χ3n) is 5.54. The summed E-state index contributed by atoms with van der Waals surface area (Å²) in [6.45, 7) is 0.229. The number of hydrogen-bond acceptors (Lipinski definition) is 4. The van der Waals surface area contributed by atoms with Gasteiger partial charge in [-0.1, -0.05) is 55.0 Å². The SMILES string of the molecule is O=C(COC(=O)c1c2c(nc3ccccc13)CCCCC2)NCCc1ccccc1. The van der Waals surface area contributed by atoms with Crippen LogP contribution in [0.5, 0.6) is 0 Å². The van der Waals surface area contributed by atoms with Crippen molar-refractivity contribution in [2.24, 2.45) is 0 Å². The second-order valence-electron chi connectivity index (χ2n) is 7.65. The number of aryl methyl sites for hydroxylation is 1. The van der Waals surface area contributed by atoms with E-state index in [0.29, 0.717) is 12.1 Å². The summed E-state index contributed by atoms with van der Waals surface area (Å²) < 4.78 is 5.43. The maximum Gasteiger partial charge on any atom is 0.339 e. The highest BCUT2D eigenvalue weighted by molar-refractivity contribution is 6.05. The van der Waals surface area contributed by atoms with Gasteiger partial charge < -0.3 is 10.1 Å². The first-order valence-electron chi connectivity index (χ1n) is 10.6. The van der Waals surface area contributed by atoms with Gasteiger partial charge in [-0.2, -0.15) is 0 Å². The largest absolute Gasteiger partial charge is 0.452 e. The second kappa shape index (κ2) is 9.53. The van der Waals surface area contributed by atoms with Gasteiger partial charge >= 0.3 is 5.97 Å². The predicted molar refractivity (Wildman–Crippen MR) is 116 cm³/mol. The molecule has 30 heavy (non-hydrogen) atoms. The fourth-order valence-corrected chi connectivity index (χ4v) is 4.03. The standard InChI is InChI=1S/C25H26N2O3/c28-23(26-16-15-18-9-3-1-4-10-18)17-30-25(29)24-19-11-5-2-6-13-21(19)27-22-14-8-7-12-20(22)24/h1,3-4,7-10,12,14H,2,5-6,11,13,15-17H2,(H,26,28). The number of pyridine rings is 1. The molecular weight excluding hydrogens is 376 g/mol. The zero-order valence-electron chi connectivity index (χ0n) is 17.0. The van der Waals surface area contributed by atoms with Crippen LogP contribution in [0.2, 0.25) is 0 Å². The Bertz CT molecular complexity index is 1050. The number of amides is 1. The molecular formula is C25H26N2O3. The molecule has 1 aromatic heterocycles. The van der Waals surface area contributed by atoms with Crippen LogP contribution in [0.1, 0.15) is 46.4 Å². The van der Waals surface area contributed by atoms with Crippen LogP contribution < -0.4 is 5.32 Å². The van der Waals surface area contributed by atoms with E-state index in [0.717, 1.165) is 66.2 Å². The van der Waals surface area contributed by atoms with Crippen LogP contribution in [-0.2, 0) is 28.8 Å². The van der Waals surface area contributed by atoms with E-state index < -0.39 is 5.97 Å². The predicted octanol–water partition coefficient (Wildman–Crippen LogP) is 4.02. The minimum Gasteiger partial charge on any atom is -0.452 e. The number of aromatic nitrogens is 1. The lowest BCUT2D eigenvalue weighted by atomic mass is 9.97. The molecule has 1 heterocycles. The molecule has 1 N–H and O–H groups in total. The van der Waals surface area contributed by atoms with Gasteiger partial charge in [0.2, 0.25) is 0 Å². The number of nitrogens with zero attached hydrogens (tertiary/aromatic N) is 1. The van der Waals surface area contributed by atoms with Crippen LogP contribution in [0.3, 0.4) is 0 Å². The number of benzene rings is 2. The molecule has 1 aliphatic carbocycles. The molecule has 3 aromatic rings. The normalized spacial score (nSPS) is 13.3. The van der Waals surface area contributed by atoms with Crippen molar-refractivity contribution in [3.05, 3.63) is 77.0 Å². The van der Waals surface area contributed by atoms with E-state index in [1.165, 1.54) is 0 Å². The summed E-state index contributed by atoms with van der Waals surface area (Å²) in [5, 5.41) is 3.62. The van der Waals surface area contributed by atoms with Crippen molar-refractivity contribution < 1.29 is 14.3 Å². The topological polar surface area (TPSA) is 68.3 Å². The van der Waals surface area contributed by atoms with Crippen LogP contribution in [0.25, 0.3) is 10.9 Å². The Morgan fingerprint density at radius 2 is 1.70 bits per heavy atom. The lowest BCUT2D eigenvalue weighted by Crippen LogP contribution is -2.30. The van der Waals surface area contributed by atoms with Crippen LogP contribution in [-0.4, -0.2) is 30.0 Å². The van der Waals surface area contributed by atoms with Gasteiger partial charge in [0.15, 0.2) is 6.61 Å². The van der Waals surface area contributed by atoms with Gasteiger partial charge in [0.1, 0.15) is 0 Å². The third kappa shape index (κ3) is 4.67. The molecule has 1 amide bonds. The van der Waals surface area contributed by atoms with E-state index in [4.69, 9.17) is 9.72 Å². The van der Waals surface area contributed by atoms with Gasteiger partial charge in [-0.05, 0) is 49.3 Å². The average Bonchev–Trinajstić information content (AvgIpc) is 3.01. The van der Waals surface area contributed by atoms with Gasteiger partial charge in [0, 0.05) is 17.6 Å². The minimum absolute atomic E-state index is 0.279. The first-order chi connectivity index (χ1) is 14.7. The summed E-state index contributed by atoms with van der Waals surface area (Å²) in [7, 11) is 0. The molecule has 0 aliphatic heterocycles. The number of nitrogens with one attached hydrogen (secondary N) is 1. The summed E-state index contributed by atoms with van der Waals surface area (Å²) in [6.07, 6.45) is 5.68. The molecule has 1 aliphatic rings. The Morgan fingerprint density at radius 3 is 2.57 bits per heavy atom. The number of esters is 1. The number of hydrogen-bond donors (Lipinski definition) is 1. The molecule has 0 saturated heterocycles. The summed E-state index contributed by atoms with van der Waals surface area (Å²) in [4.78, 5) is 30.0. The molecule has 0 unspecified atom stereocenters. The summed E-state index contributed by atoms with van der Waals surface area (Å²) in [5.41, 5.74) is 4.51. The van der Waals surface area contributed by atoms with Crippen molar-refractivity contribution >= 4 is 22.8 Å². The fraction of sp³-hybridized carbons (Fsp3) is 0.320. The molecule has 2 aromatic carbocycles. The molecule has 5 heteroatoms. The second-order valence-corrected chi connectivity index (χ2v) is 7.65. The number of ether oxygens (including phenoxy) is 1. The first-order valence-corrected chi connectivity index (χ1v) is 10.6. The maximum atomic E-state index is 13.0. The summed E-state index contributed by atoms with van der Waals surface area (Å²) >= 11 is 0. The highest BCUT2D eigenvalue weighted by Crippen LogP contribution is 2.29. The van der Waals surface area contributed by atoms with Gasteiger partial charge in [-0.25, -0.2) is 4.79 Å². The van der Waals surface area contributed by atoms with E-state index in [9.17, 15) is 9.59 Å². The van der Waals surface area contributed by atoms with Gasteiger partial charge in [0.05, 0.1) is 11.1 Å². The number of carbonyl (C=O) groups excluding carboxylic acids is 2. The first kappa shape index (κ1) is 20.1. The average molecular weight is 402 g/mol. The molecule has 0 spiro atoms. The van der Waals surface area contributed by atoms with Gasteiger partial charge in [0.25, 0.3) is 5.91 Å². The lowest BCUT2D eigenvalue weighted by molar-refractivity contribution is -0.124. The van der Waals surface area contributed by atoms with Crippen LogP contribution in [0.15, 0.2) is 54.6 Å². The van der Waals surface area contributed by atoms with E-state index in [-0.39, 0.29) is 12.5 Å². The molecule has 0 atom stereocenters. The molecule has 0 radical (unpaired) electrons. The zero-order chi connectivity index (χ0) is 20.8. The lowest BCUT2D eigenvalue weighted by Gasteiger charge is -2.15. The van der Waals surface area contributed by atoms with E-state index in [1.807, 2.05) is 54.6 Å². The van der Waals surface area contributed by atoms with E-state index in [1.54, 1.807) is 0 Å². The minimum atomic E-state index is -0.440. The molecule has 5 nitrogen and oxygen atoms in total. The number of para-hydroxylation sites is 1. The van der Waals surface area contributed by atoms with Crippen molar-refractivity contribution in [2.75, 3.05) is 13.2 Å². The molecule has 0 saturated carbocycles. The van der Waals surface area contributed by atoms with Gasteiger partial charge in [-0.3, -0.25) is 9.78 Å². The van der Waals surface area contributed by atoms with Gasteiger partial charge in [-0.15, -0.1) is 0 Å². The van der Waals surface area contributed by atoms with E-state index in [2.05, 4.69) is 5.32 Å². The summed E-state index contributed by atoms with van der Waals surface area (Å²) in [5.74, 6) is -0.728. The molecule has 4 rings (SSSR count). The van der Waals surface area contributed by atoms with Crippen molar-refractivity contribution in [3.63, 3.8) is 0 Å². The van der Waals surface area contributed by atoms with E-state index >= 15 is 0 Å². The number of carbonyl (C=O) groups is 2. The Kier molecular flexibility index (Phi) is 6.38. The molecule has 154 valence electrons. The van der Waals surface area contributed by atoms with Crippen molar-refractivity contribution in [2.45, 2.75) is 38.5 Å². The van der Waals surface area contributed by atoms with Crippen molar-refractivity contribution in [3.8, 4) is 0 Å². The Balaban J connectivity index is 1.44. The third-order valence-corrected chi connectivity index (χ3v) is 5.54. The zero-order valence-corrected chi connectivity index (χ0v) is 17.0. The van der Waals surface area contributed by atoms with Crippen LogP contribution in [0, 0.1) is 0 Å². The highest BCUT2D eigenvalue weighted by Gasteiger charge is 2.23. The van der Waals surface area contributed by atoms with Crippen molar-refractivity contribution in [1.82, 2.24) is 10.3 Å². The Hall–Kier alpha value is -3.21. The highest BCUT2D eigenvalue weighted by atomic mass is 16.5. The van der Waals surface area contributed by atoms with Crippen LogP contribution in [0.4, 0.5) is 0 Å². The number of rotatable bonds is 6. The number of fused-ring (bicyclic) bond motifs is 2. The maximum absolute atomic E-state index is 13.0. The van der Waals surface area contributed by atoms with Crippen molar-refractivity contribution in [1.29, 1.82) is 0 Å². The summed E-state index contributed by atoms with van der Waals surface area (Å²) in [6, 6.07) is 17.6. The Morgan fingerprint density at radius 1 is 0.933 bits per heavy atom. The molecule has 0 fully saturated rings. The Labute approximate surface area is 176 Å². The fourth-order valence-electron chi connectivity index (χ4n) is 4.03. The molecule has 0 bridgehead atoms.